The number of amides is 1. The van der Waals surface area contributed by atoms with Gasteiger partial charge in [0.25, 0.3) is 0 Å². The van der Waals surface area contributed by atoms with E-state index in [4.69, 9.17) is 0 Å². The molecular weight excluding hydrogens is 190 g/mol. The number of carbonyl (C=O) groups is 1. The SMILES string of the molecule is CC1CCCC(=O)N1.Cc1ncccn1. The van der Waals surface area contributed by atoms with E-state index in [2.05, 4.69) is 15.3 Å². The van der Waals surface area contributed by atoms with Crippen LogP contribution < -0.4 is 5.32 Å². The third-order valence-electron chi connectivity index (χ3n) is 2.14. The fourth-order valence-electron chi connectivity index (χ4n) is 1.36. The molecular formula is C11H17N3O. The standard InChI is InChI=1S/C6H11NO.C5H6N2/c1-5-3-2-4-6(8)7-5;1-5-6-3-2-4-7-5/h5H,2-4H2,1H3,(H,7,8);2-4H,1H3. The van der Waals surface area contributed by atoms with Crippen LogP contribution in [-0.4, -0.2) is 21.9 Å². The van der Waals surface area contributed by atoms with Gasteiger partial charge in [0.2, 0.25) is 5.91 Å². The average Bonchev–Trinajstić information content (AvgIpc) is 2.19. The molecule has 82 valence electrons. The van der Waals surface area contributed by atoms with Crippen LogP contribution in [0.1, 0.15) is 32.0 Å². The Morgan fingerprint density at radius 3 is 2.40 bits per heavy atom. The van der Waals surface area contributed by atoms with Gasteiger partial charge in [-0.2, -0.15) is 0 Å². The Morgan fingerprint density at radius 1 is 1.40 bits per heavy atom. The van der Waals surface area contributed by atoms with Crippen LogP contribution in [0, 0.1) is 6.92 Å². The quantitative estimate of drug-likeness (QED) is 0.700. The minimum absolute atomic E-state index is 0.212. The highest BCUT2D eigenvalue weighted by Crippen LogP contribution is 2.05. The highest BCUT2D eigenvalue weighted by atomic mass is 16.1. The highest BCUT2D eigenvalue weighted by molar-refractivity contribution is 5.76. The lowest BCUT2D eigenvalue weighted by Gasteiger charge is -2.18. The van der Waals surface area contributed by atoms with Gasteiger partial charge in [-0.3, -0.25) is 4.79 Å². The van der Waals surface area contributed by atoms with E-state index in [0.29, 0.717) is 6.04 Å². The summed E-state index contributed by atoms with van der Waals surface area (Å²) < 4.78 is 0. The van der Waals surface area contributed by atoms with Crippen LogP contribution in [0.2, 0.25) is 0 Å². The van der Waals surface area contributed by atoms with Gasteiger partial charge in [-0.15, -0.1) is 0 Å². The maximum atomic E-state index is 10.6. The molecule has 0 radical (unpaired) electrons. The lowest BCUT2D eigenvalue weighted by Crippen LogP contribution is -2.36. The van der Waals surface area contributed by atoms with Crippen molar-refractivity contribution >= 4 is 5.91 Å². The van der Waals surface area contributed by atoms with E-state index in [1.165, 1.54) is 0 Å². The molecule has 1 aliphatic heterocycles. The lowest BCUT2D eigenvalue weighted by molar-refractivity contribution is -0.123. The van der Waals surface area contributed by atoms with Crippen molar-refractivity contribution in [2.24, 2.45) is 0 Å². The molecule has 1 N–H and O–H groups in total. The molecule has 0 aliphatic carbocycles. The largest absolute Gasteiger partial charge is 0.354 e. The molecule has 4 heteroatoms. The van der Waals surface area contributed by atoms with Crippen molar-refractivity contribution in [2.45, 2.75) is 39.2 Å². The summed E-state index contributed by atoms with van der Waals surface area (Å²) in [6, 6.07) is 2.21. The summed E-state index contributed by atoms with van der Waals surface area (Å²) in [6.45, 7) is 3.90. The maximum absolute atomic E-state index is 10.6. The molecule has 1 atom stereocenters. The van der Waals surface area contributed by atoms with E-state index in [0.717, 1.165) is 25.1 Å². The molecule has 1 aromatic heterocycles. The normalized spacial score (nSPS) is 19.9. The summed E-state index contributed by atoms with van der Waals surface area (Å²) >= 11 is 0. The van der Waals surface area contributed by atoms with Crippen LogP contribution >= 0.6 is 0 Å². The third kappa shape index (κ3) is 5.10. The summed E-state index contributed by atoms with van der Waals surface area (Å²) in [6.07, 6.45) is 6.38. The topological polar surface area (TPSA) is 54.9 Å². The Kier molecular flexibility index (Phi) is 4.74. The van der Waals surface area contributed by atoms with Crippen molar-refractivity contribution in [2.75, 3.05) is 0 Å². The number of nitrogens with zero attached hydrogens (tertiary/aromatic N) is 2. The van der Waals surface area contributed by atoms with Crippen LogP contribution in [0.5, 0.6) is 0 Å². The van der Waals surface area contributed by atoms with Gasteiger partial charge in [0.1, 0.15) is 5.82 Å². The second kappa shape index (κ2) is 6.11. The molecule has 0 spiro atoms. The summed E-state index contributed by atoms with van der Waals surface area (Å²) in [7, 11) is 0. The van der Waals surface area contributed by atoms with Gasteiger partial charge in [0, 0.05) is 24.9 Å². The van der Waals surface area contributed by atoms with Gasteiger partial charge in [-0.05, 0) is 32.8 Å². The van der Waals surface area contributed by atoms with Crippen LogP contribution in [0.4, 0.5) is 0 Å². The monoisotopic (exact) mass is 207 g/mol. The predicted molar refractivity (Wildman–Crippen MR) is 58.2 cm³/mol. The molecule has 1 fully saturated rings. The third-order valence-corrected chi connectivity index (χ3v) is 2.14. The number of carbonyl (C=O) groups excluding carboxylic acids is 1. The van der Waals surface area contributed by atoms with E-state index in [1.54, 1.807) is 18.5 Å². The Bertz CT molecular complexity index is 300. The van der Waals surface area contributed by atoms with Gasteiger partial charge < -0.3 is 5.32 Å². The average molecular weight is 207 g/mol. The number of piperidine rings is 1. The van der Waals surface area contributed by atoms with Crippen molar-refractivity contribution in [3.63, 3.8) is 0 Å². The van der Waals surface area contributed by atoms with Crippen molar-refractivity contribution in [1.82, 2.24) is 15.3 Å². The zero-order valence-corrected chi connectivity index (χ0v) is 9.23. The first kappa shape index (κ1) is 11.6. The van der Waals surface area contributed by atoms with Gasteiger partial charge in [0.15, 0.2) is 0 Å². The van der Waals surface area contributed by atoms with Crippen molar-refractivity contribution in [3.05, 3.63) is 24.3 Å². The molecule has 4 nitrogen and oxygen atoms in total. The van der Waals surface area contributed by atoms with E-state index < -0.39 is 0 Å². The molecule has 1 amide bonds. The molecule has 15 heavy (non-hydrogen) atoms. The van der Waals surface area contributed by atoms with Crippen LogP contribution in [-0.2, 0) is 4.79 Å². The highest BCUT2D eigenvalue weighted by Gasteiger charge is 2.12. The van der Waals surface area contributed by atoms with Crippen LogP contribution in [0.15, 0.2) is 18.5 Å². The van der Waals surface area contributed by atoms with Crippen molar-refractivity contribution in [1.29, 1.82) is 0 Å². The fraction of sp³-hybridized carbons (Fsp3) is 0.545. The number of hydrogen-bond acceptors (Lipinski definition) is 3. The number of hydrogen-bond donors (Lipinski definition) is 1. The van der Waals surface area contributed by atoms with Crippen molar-refractivity contribution in [3.8, 4) is 0 Å². The van der Waals surface area contributed by atoms with Crippen LogP contribution in [0.25, 0.3) is 0 Å². The molecule has 1 unspecified atom stereocenters. The summed E-state index contributed by atoms with van der Waals surface area (Å²) in [5, 5.41) is 2.84. The summed E-state index contributed by atoms with van der Waals surface area (Å²) in [5.74, 6) is 1.03. The maximum Gasteiger partial charge on any atom is 0.220 e. The number of aromatic nitrogens is 2. The molecule has 2 heterocycles. The lowest BCUT2D eigenvalue weighted by atomic mass is 10.1. The molecule has 1 aromatic rings. The van der Waals surface area contributed by atoms with E-state index in [1.807, 2.05) is 13.8 Å². The van der Waals surface area contributed by atoms with Crippen LogP contribution in [0.3, 0.4) is 0 Å². The Labute approximate surface area is 90.1 Å². The molecule has 0 saturated carbocycles. The first-order valence-electron chi connectivity index (χ1n) is 5.21. The van der Waals surface area contributed by atoms with E-state index in [-0.39, 0.29) is 5.91 Å². The minimum Gasteiger partial charge on any atom is -0.354 e. The van der Waals surface area contributed by atoms with Gasteiger partial charge in [-0.25, -0.2) is 9.97 Å². The number of aryl methyl sites for hydroxylation is 1. The molecule has 2 rings (SSSR count). The zero-order chi connectivity index (χ0) is 11.1. The fourth-order valence-corrected chi connectivity index (χ4v) is 1.36. The van der Waals surface area contributed by atoms with Gasteiger partial charge >= 0.3 is 0 Å². The molecule has 1 aliphatic rings. The first-order valence-corrected chi connectivity index (χ1v) is 5.21. The first-order chi connectivity index (χ1) is 7.18. The minimum atomic E-state index is 0.212. The number of rotatable bonds is 0. The van der Waals surface area contributed by atoms with Gasteiger partial charge in [-0.1, -0.05) is 0 Å². The Hall–Kier alpha value is -1.45. The second-order valence-corrected chi connectivity index (χ2v) is 3.66. The Morgan fingerprint density at radius 2 is 2.07 bits per heavy atom. The smallest absolute Gasteiger partial charge is 0.220 e. The summed E-state index contributed by atoms with van der Waals surface area (Å²) in [5.41, 5.74) is 0. The second-order valence-electron chi connectivity index (χ2n) is 3.66. The zero-order valence-electron chi connectivity index (χ0n) is 9.23. The van der Waals surface area contributed by atoms with E-state index >= 15 is 0 Å². The summed E-state index contributed by atoms with van der Waals surface area (Å²) in [4.78, 5) is 18.3. The predicted octanol–water partition coefficient (Wildman–Crippen LogP) is 1.46. The molecule has 0 aromatic carbocycles. The molecule has 0 bridgehead atoms. The van der Waals surface area contributed by atoms with E-state index in [9.17, 15) is 4.79 Å². The van der Waals surface area contributed by atoms with Gasteiger partial charge in [0.05, 0.1) is 0 Å². The Balaban J connectivity index is 0.000000151. The van der Waals surface area contributed by atoms with Crippen molar-refractivity contribution < 1.29 is 4.79 Å². The number of nitrogens with one attached hydrogen (secondary N) is 1. The molecule has 1 saturated heterocycles.